The summed E-state index contributed by atoms with van der Waals surface area (Å²) < 4.78 is 0. The predicted molar refractivity (Wildman–Crippen MR) is 59.9 cm³/mol. The zero-order valence-electron chi connectivity index (χ0n) is 8.92. The lowest BCUT2D eigenvalue weighted by Crippen LogP contribution is -2.25. The van der Waals surface area contributed by atoms with Gasteiger partial charge in [-0.2, -0.15) is 17.0 Å². The lowest BCUT2D eigenvalue weighted by molar-refractivity contribution is 0.324. The van der Waals surface area contributed by atoms with Gasteiger partial charge in [-0.1, -0.05) is 20.8 Å². The second-order valence-corrected chi connectivity index (χ2v) is 4.62. The summed E-state index contributed by atoms with van der Waals surface area (Å²) in [6, 6.07) is 2.20. The van der Waals surface area contributed by atoms with E-state index >= 15 is 0 Å². The summed E-state index contributed by atoms with van der Waals surface area (Å²) in [7, 11) is 0. The van der Waals surface area contributed by atoms with E-state index in [-0.39, 0.29) is 0 Å². The van der Waals surface area contributed by atoms with Crippen molar-refractivity contribution in [2.75, 3.05) is 25.4 Å². The van der Waals surface area contributed by atoms with E-state index in [0.29, 0.717) is 11.7 Å². The third-order valence-corrected chi connectivity index (χ3v) is 3.24. The van der Waals surface area contributed by atoms with Gasteiger partial charge in [-0.15, -0.1) is 0 Å². The van der Waals surface area contributed by atoms with Gasteiger partial charge in [0, 0.05) is 24.0 Å². The highest BCUT2D eigenvalue weighted by molar-refractivity contribution is 7.99. The molecule has 0 bridgehead atoms. The zero-order chi connectivity index (χ0) is 10.1. The van der Waals surface area contributed by atoms with Crippen molar-refractivity contribution in [3.05, 3.63) is 0 Å². The van der Waals surface area contributed by atoms with E-state index in [1.165, 1.54) is 0 Å². The fourth-order valence-corrected chi connectivity index (χ4v) is 2.07. The quantitative estimate of drug-likeness (QED) is 0.631. The highest BCUT2D eigenvalue weighted by atomic mass is 32.2. The van der Waals surface area contributed by atoms with Gasteiger partial charge in [0.05, 0.1) is 6.07 Å². The van der Waals surface area contributed by atoms with E-state index < -0.39 is 0 Å². The molecule has 0 aliphatic carbocycles. The van der Waals surface area contributed by atoms with Crippen molar-refractivity contribution in [1.29, 1.82) is 5.26 Å². The van der Waals surface area contributed by atoms with Crippen molar-refractivity contribution in [2.45, 2.75) is 32.4 Å². The van der Waals surface area contributed by atoms with Crippen LogP contribution in [0.2, 0.25) is 0 Å². The lowest BCUT2D eigenvalue weighted by atomic mass is 10.4. The first-order chi connectivity index (χ1) is 6.24. The Hall–Kier alpha value is -0.200. The molecule has 0 aromatic rings. The van der Waals surface area contributed by atoms with Crippen molar-refractivity contribution >= 4 is 11.8 Å². The molecular formula is C10H20N2S. The molecule has 0 N–H and O–H groups in total. The van der Waals surface area contributed by atoms with Gasteiger partial charge >= 0.3 is 0 Å². The van der Waals surface area contributed by atoms with Crippen LogP contribution in [-0.2, 0) is 0 Å². The van der Waals surface area contributed by atoms with E-state index in [0.717, 1.165) is 25.4 Å². The minimum absolute atomic E-state index is 0.487. The van der Waals surface area contributed by atoms with Crippen molar-refractivity contribution in [1.82, 2.24) is 4.90 Å². The molecule has 76 valence electrons. The second kappa shape index (κ2) is 8.40. The van der Waals surface area contributed by atoms with Crippen molar-refractivity contribution in [3.63, 3.8) is 0 Å². The van der Waals surface area contributed by atoms with Crippen LogP contribution in [0.4, 0.5) is 0 Å². The molecule has 1 atom stereocenters. The van der Waals surface area contributed by atoms with Gasteiger partial charge in [0.2, 0.25) is 0 Å². The van der Waals surface area contributed by atoms with Crippen LogP contribution in [0, 0.1) is 11.3 Å². The molecule has 0 fully saturated rings. The zero-order valence-corrected chi connectivity index (χ0v) is 9.73. The van der Waals surface area contributed by atoms with Gasteiger partial charge in [-0.3, -0.25) is 0 Å². The first-order valence-electron chi connectivity index (χ1n) is 4.95. The van der Waals surface area contributed by atoms with Crippen LogP contribution in [0.15, 0.2) is 0 Å². The SMILES string of the molecule is CCN(CC)CCSC(C)CC#N. The molecule has 0 aliphatic rings. The topological polar surface area (TPSA) is 27.0 Å². The molecule has 0 aromatic carbocycles. The lowest BCUT2D eigenvalue weighted by Gasteiger charge is -2.18. The minimum Gasteiger partial charge on any atom is -0.303 e. The van der Waals surface area contributed by atoms with E-state index in [4.69, 9.17) is 5.26 Å². The molecule has 13 heavy (non-hydrogen) atoms. The fourth-order valence-electron chi connectivity index (χ4n) is 1.11. The maximum atomic E-state index is 8.46. The minimum atomic E-state index is 0.487. The molecular weight excluding hydrogens is 180 g/mol. The molecule has 3 heteroatoms. The van der Waals surface area contributed by atoms with Crippen molar-refractivity contribution in [2.24, 2.45) is 0 Å². The molecule has 0 saturated heterocycles. The Labute approximate surface area is 86.3 Å². The van der Waals surface area contributed by atoms with E-state index in [1.807, 2.05) is 11.8 Å². The number of thioether (sulfide) groups is 1. The highest BCUT2D eigenvalue weighted by Crippen LogP contribution is 2.13. The largest absolute Gasteiger partial charge is 0.303 e. The summed E-state index contributed by atoms with van der Waals surface area (Å²) >= 11 is 1.90. The smallest absolute Gasteiger partial charge is 0.0633 e. The Balaban J connectivity index is 3.38. The number of hydrogen-bond donors (Lipinski definition) is 0. The Morgan fingerprint density at radius 1 is 1.38 bits per heavy atom. The summed E-state index contributed by atoms with van der Waals surface area (Å²) in [6.45, 7) is 9.90. The first kappa shape index (κ1) is 12.8. The van der Waals surface area contributed by atoms with Gasteiger partial charge in [-0.05, 0) is 13.1 Å². The van der Waals surface area contributed by atoms with Crippen LogP contribution in [0.1, 0.15) is 27.2 Å². The summed E-state index contributed by atoms with van der Waals surface area (Å²) in [5.74, 6) is 1.14. The highest BCUT2D eigenvalue weighted by Gasteiger charge is 2.03. The summed E-state index contributed by atoms with van der Waals surface area (Å²) in [6.07, 6.45) is 0.670. The van der Waals surface area contributed by atoms with Crippen molar-refractivity contribution < 1.29 is 0 Å². The predicted octanol–water partition coefficient (Wildman–Crippen LogP) is 2.36. The van der Waals surface area contributed by atoms with Gasteiger partial charge < -0.3 is 4.90 Å². The fraction of sp³-hybridized carbons (Fsp3) is 0.900. The molecule has 0 saturated carbocycles. The Morgan fingerprint density at radius 2 is 2.00 bits per heavy atom. The number of rotatable bonds is 7. The summed E-state index contributed by atoms with van der Waals surface area (Å²) in [4.78, 5) is 2.41. The van der Waals surface area contributed by atoms with E-state index in [9.17, 15) is 0 Å². The Bertz CT molecular complexity index is 149. The van der Waals surface area contributed by atoms with Crippen LogP contribution in [0.5, 0.6) is 0 Å². The average Bonchev–Trinajstić information content (AvgIpc) is 2.13. The molecule has 0 aliphatic heterocycles. The average molecular weight is 200 g/mol. The molecule has 2 nitrogen and oxygen atoms in total. The van der Waals surface area contributed by atoms with Crippen LogP contribution >= 0.6 is 11.8 Å². The number of nitriles is 1. The summed E-state index contributed by atoms with van der Waals surface area (Å²) in [5.41, 5.74) is 0. The maximum absolute atomic E-state index is 8.46. The van der Waals surface area contributed by atoms with Crippen LogP contribution in [0.3, 0.4) is 0 Å². The van der Waals surface area contributed by atoms with Crippen LogP contribution in [-0.4, -0.2) is 35.5 Å². The maximum Gasteiger partial charge on any atom is 0.0633 e. The van der Waals surface area contributed by atoms with Gasteiger partial charge in [0.15, 0.2) is 0 Å². The van der Waals surface area contributed by atoms with Gasteiger partial charge in [0.25, 0.3) is 0 Å². The molecule has 0 spiro atoms. The summed E-state index contributed by atoms with van der Waals surface area (Å²) in [5, 5.41) is 8.95. The van der Waals surface area contributed by atoms with E-state index in [2.05, 4.69) is 31.7 Å². The number of nitrogens with zero attached hydrogens (tertiary/aromatic N) is 2. The molecule has 0 aromatic heterocycles. The monoisotopic (exact) mass is 200 g/mol. The third kappa shape index (κ3) is 6.92. The van der Waals surface area contributed by atoms with E-state index in [1.54, 1.807) is 0 Å². The molecule has 0 radical (unpaired) electrons. The first-order valence-corrected chi connectivity index (χ1v) is 6.00. The van der Waals surface area contributed by atoms with Crippen molar-refractivity contribution in [3.8, 4) is 6.07 Å². The normalized spacial score (nSPS) is 12.8. The third-order valence-electron chi connectivity index (χ3n) is 2.08. The molecule has 0 rings (SSSR count). The number of hydrogen-bond acceptors (Lipinski definition) is 3. The Kier molecular flexibility index (Phi) is 8.27. The van der Waals surface area contributed by atoms with Crippen LogP contribution in [0.25, 0.3) is 0 Å². The molecule has 1 unspecified atom stereocenters. The van der Waals surface area contributed by atoms with Crippen LogP contribution < -0.4 is 0 Å². The van der Waals surface area contributed by atoms with Gasteiger partial charge in [0.1, 0.15) is 0 Å². The molecule has 0 heterocycles. The van der Waals surface area contributed by atoms with Gasteiger partial charge in [-0.25, -0.2) is 0 Å². The standard InChI is InChI=1S/C10H20N2S/c1-4-12(5-2)8-9-13-10(3)6-7-11/h10H,4-6,8-9H2,1-3H3. The molecule has 0 amide bonds. The Morgan fingerprint density at radius 3 is 2.46 bits per heavy atom. The second-order valence-electron chi connectivity index (χ2n) is 3.07.